The van der Waals surface area contributed by atoms with E-state index in [1.165, 1.54) is 12.1 Å². The van der Waals surface area contributed by atoms with Gasteiger partial charge >= 0.3 is 0 Å². The van der Waals surface area contributed by atoms with Crippen molar-refractivity contribution in [3.63, 3.8) is 0 Å². The van der Waals surface area contributed by atoms with E-state index in [1.807, 2.05) is 36.2 Å². The number of carbonyl (C=O) groups excluding carboxylic acids is 2. The lowest BCUT2D eigenvalue weighted by Crippen LogP contribution is -2.20. The van der Waals surface area contributed by atoms with Gasteiger partial charge in [-0.25, -0.2) is 0 Å². The predicted octanol–water partition coefficient (Wildman–Crippen LogP) is 5.57. The number of halogens is 2. The van der Waals surface area contributed by atoms with Gasteiger partial charge in [0.05, 0.1) is 16.7 Å². The fraction of sp³-hybridized carbons (Fsp3) is 0.120. The summed E-state index contributed by atoms with van der Waals surface area (Å²) in [6.45, 7) is 0.641. The highest BCUT2D eigenvalue weighted by atomic mass is 35.5. The summed E-state index contributed by atoms with van der Waals surface area (Å²) in [6.07, 6.45) is 3.26. The van der Waals surface area contributed by atoms with Crippen LogP contribution in [0.5, 0.6) is 0 Å². The first-order chi connectivity index (χ1) is 15.4. The number of likely N-dealkylation sites (N-methyl/N-ethyl adjacent to an activating group) is 1. The molecular formula is C25H22Cl2N2O3. The molecular weight excluding hydrogens is 447 g/mol. The van der Waals surface area contributed by atoms with Crippen molar-refractivity contribution in [2.24, 2.45) is 0 Å². The number of amides is 1. The number of hydrogen-bond donors (Lipinski definition) is 2. The molecule has 0 radical (unpaired) electrons. The summed E-state index contributed by atoms with van der Waals surface area (Å²) in [5.41, 5.74) is 3.33. The molecule has 3 aromatic carbocycles. The Kier molecular flexibility index (Phi) is 8.06. The Labute approximate surface area is 196 Å². The van der Waals surface area contributed by atoms with E-state index in [4.69, 9.17) is 28.3 Å². The molecule has 32 heavy (non-hydrogen) atoms. The van der Waals surface area contributed by atoms with Crippen LogP contribution in [-0.4, -0.2) is 37.0 Å². The molecule has 0 aliphatic carbocycles. The Bertz CT molecular complexity index is 1130. The van der Waals surface area contributed by atoms with Crippen LogP contribution in [0.2, 0.25) is 10.0 Å². The summed E-state index contributed by atoms with van der Waals surface area (Å²) in [5, 5.41) is 12.5. The van der Waals surface area contributed by atoms with E-state index >= 15 is 0 Å². The number of ketones is 1. The van der Waals surface area contributed by atoms with E-state index < -0.39 is 0 Å². The standard InChI is InChI=1S/C25H22Cl2N2O3/c1-29(14-15-30)21-10-2-17(3-11-21)4-13-24(31)18-5-8-20(9-6-18)28-25(32)19-7-12-22(26)23(27)16-19/h2-13,16,30H,14-15H2,1H3,(H,28,32)/b13-4+. The molecule has 1 amide bonds. The van der Waals surface area contributed by atoms with Crippen LogP contribution in [0.25, 0.3) is 6.08 Å². The highest BCUT2D eigenvalue weighted by Crippen LogP contribution is 2.23. The van der Waals surface area contributed by atoms with E-state index in [9.17, 15) is 9.59 Å². The molecule has 164 valence electrons. The van der Waals surface area contributed by atoms with E-state index in [0.717, 1.165) is 11.3 Å². The Morgan fingerprint density at radius 3 is 2.22 bits per heavy atom. The van der Waals surface area contributed by atoms with Crippen molar-refractivity contribution in [1.82, 2.24) is 0 Å². The normalized spacial score (nSPS) is 10.9. The Balaban J connectivity index is 1.61. The first-order valence-corrected chi connectivity index (χ1v) is 10.6. The highest BCUT2D eigenvalue weighted by Gasteiger charge is 2.09. The van der Waals surface area contributed by atoms with E-state index in [-0.39, 0.29) is 18.3 Å². The summed E-state index contributed by atoms with van der Waals surface area (Å²) < 4.78 is 0. The van der Waals surface area contributed by atoms with Gasteiger partial charge in [0.25, 0.3) is 5.91 Å². The number of allylic oxidation sites excluding steroid dienone is 1. The van der Waals surface area contributed by atoms with Crippen LogP contribution in [0.4, 0.5) is 11.4 Å². The quantitative estimate of drug-likeness (QED) is 0.334. The van der Waals surface area contributed by atoms with Gasteiger partial charge in [0, 0.05) is 36.1 Å². The van der Waals surface area contributed by atoms with Gasteiger partial charge in [0.1, 0.15) is 0 Å². The first-order valence-electron chi connectivity index (χ1n) is 9.88. The number of rotatable bonds is 8. The summed E-state index contributed by atoms with van der Waals surface area (Å²) in [4.78, 5) is 26.8. The van der Waals surface area contributed by atoms with Gasteiger partial charge in [0.2, 0.25) is 0 Å². The zero-order valence-corrected chi connectivity index (χ0v) is 18.9. The van der Waals surface area contributed by atoms with Crippen LogP contribution in [0.3, 0.4) is 0 Å². The molecule has 0 unspecified atom stereocenters. The van der Waals surface area contributed by atoms with Crippen LogP contribution in [-0.2, 0) is 0 Å². The molecule has 3 aromatic rings. The minimum Gasteiger partial charge on any atom is -0.395 e. The van der Waals surface area contributed by atoms with Gasteiger partial charge in [0.15, 0.2) is 5.78 Å². The molecule has 0 atom stereocenters. The molecule has 0 aromatic heterocycles. The molecule has 0 aliphatic heterocycles. The minimum atomic E-state index is -0.324. The number of anilines is 2. The summed E-state index contributed by atoms with van der Waals surface area (Å²) in [5.74, 6) is -0.468. The molecule has 0 heterocycles. The second-order valence-corrected chi connectivity index (χ2v) is 7.91. The summed E-state index contributed by atoms with van der Waals surface area (Å²) >= 11 is 11.8. The molecule has 2 N–H and O–H groups in total. The van der Waals surface area contributed by atoms with Crippen molar-refractivity contribution in [2.75, 3.05) is 30.4 Å². The summed E-state index contributed by atoms with van der Waals surface area (Å²) in [7, 11) is 1.90. The summed E-state index contributed by atoms with van der Waals surface area (Å²) in [6, 6.07) is 19.0. The lowest BCUT2D eigenvalue weighted by atomic mass is 10.1. The van der Waals surface area contributed by atoms with Crippen molar-refractivity contribution >= 4 is 52.3 Å². The van der Waals surface area contributed by atoms with Crippen LogP contribution < -0.4 is 10.2 Å². The SMILES string of the molecule is CN(CCO)c1ccc(/C=C/C(=O)c2ccc(NC(=O)c3ccc(Cl)c(Cl)c3)cc2)cc1. The third-order valence-corrected chi connectivity index (χ3v) is 5.54. The fourth-order valence-corrected chi connectivity index (χ4v) is 3.24. The van der Waals surface area contributed by atoms with Gasteiger partial charge in [-0.3, -0.25) is 9.59 Å². The molecule has 0 aliphatic rings. The molecule has 0 bridgehead atoms. The van der Waals surface area contributed by atoms with E-state index in [2.05, 4.69) is 5.32 Å². The Morgan fingerprint density at radius 2 is 1.59 bits per heavy atom. The van der Waals surface area contributed by atoms with Gasteiger partial charge in [-0.15, -0.1) is 0 Å². The lowest BCUT2D eigenvalue weighted by Gasteiger charge is -2.17. The van der Waals surface area contributed by atoms with Crippen molar-refractivity contribution in [1.29, 1.82) is 0 Å². The van der Waals surface area contributed by atoms with Crippen LogP contribution in [0.1, 0.15) is 26.3 Å². The number of aliphatic hydroxyl groups is 1. The molecule has 0 spiro atoms. The van der Waals surface area contributed by atoms with Gasteiger partial charge in [-0.05, 0) is 66.2 Å². The largest absolute Gasteiger partial charge is 0.395 e. The molecule has 0 saturated heterocycles. The fourth-order valence-electron chi connectivity index (χ4n) is 2.95. The number of benzene rings is 3. The van der Waals surface area contributed by atoms with Crippen molar-refractivity contribution in [2.45, 2.75) is 0 Å². The number of aliphatic hydroxyl groups excluding tert-OH is 1. The first kappa shape index (κ1) is 23.5. The predicted molar refractivity (Wildman–Crippen MR) is 131 cm³/mol. The van der Waals surface area contributed by atoms with Crippen molar-refractivity contribution in [3.8, 4) is 0 Å². The van der Waals surface area contributed by atoms with Crippen LogP contribution in [0, 0.1) is 0 Å². The van der Waals surface area contributed by atoms with Crippen molar-refractivity contribution < 1.29 is 14.7 Å². The number of carbonyl (C=O) groups is 2. The zero-order valence-electron chi connectivity index (χ0n) is 17.4. The monoisotopic (exact) mass is 468 g/mol. The van der Waals surface area contributed by atoms with Gasteiger partial charge in [-0.2, -0.15) is 0 Å². The highest BCUT2D eigenvalue weighted by molar-refractivity contribution is 6.42. The van der Waals surface area contributed by atoms with E-state index in [0.29, 0.717) is 33.4 Å². The average molecular weight is 469 g/mol. The Morgan fingerprint density at radius 1 is 0.938 bits per heavy atom. The third kappa shape index (κ3) is 6.20. The molecule has 5 nitrogen and oxygen atoms in total. The maximum absolute atomic E-state index is 12.5. The van der Waals surface area contributed by atoms with Crippen LogP contribution >= 0.6 is 23.2 Å². The van der Waals surface area contributed by atoms with Gasteiger partial charge < -0.3 is 15.3 Å². The smallest absolute Gasteiger partial charge is 0.255 e. The Hall–Kier alpha value is -3.12. The van der Waals surface area contributed by atoms with Gasteiger partial charge in [-0.1, -0.05) is 41.4 Å². The zero-order chi connectivity index (χ0) is 23.1. The second kappa shape index (κ2) is 11.0. The maximum Gasteiger partial charge on any atom is 0.255 e. The van der Waals surface area contributed by atoms with Crippen LogP contribution in [0.15, 0.2) is 72.8 Å². The molecule has 3 rings (SSSR count). The topological polar surface area (TPSA) is 69.6 Å². The average Bonchev–Trinajstić information content (AvgIpc) is 2.80. The molecule has 7 heteroatoms. The number of nitrogens with one attached hydrogen (secondary N) is 1. The minimum absolute atomic E-state index is 0.0879. The number of hydrogen-bond acceptors (Lipinski definition) is 4. The maximum atomic E-state index is 12.5. The number of nitrogens with zero attached hydrogens (tertiary/aromatic N) is 1. The molecule has 0 fully saturated rings. The second-order valence-electron chi connectivity index (χ2n) is 7.09. The lowest BCUT2D eigenvalue weighted by molar-refractivity contribution is 0.102. The van der Waals surface area contributed by atoms with E-state index in [1.54, 1.807) is 42.5 Å². The third-order valence-electron chi connectivity index (χ3n) is 4.81. The molecule has 0 saturated carbocycles. The van der Waals surface area contributed by atoms with Crippen molar-refractivity contribution in [3.05, 3.63) is 99.5 Å².